The summed E-state index contributed by atoms with van der Waals surface area (Å²) in [5, 5.41) is 5.83. The summed E-state index contributed by atoms with van der Waals surface area (Å²) in [5.41, 5.74) is 0. The minimum atomic E-state index is -3.02. The molecule has 0 aromatic carbocycles. The fourth-order valence-corrected chi connectivity index (χ4v) is 1.75. The first-order valence-corrected chi connectivity index (χ1v) is 8.55. The Morgan fingerprint density at radius 3 is 2.30 bits per heavy atom. The van der Waals surface area contributed by atoms with Crippen LogP contribution in [-0.2, 0) is 9.84 Å². The second kappa shape index (κ2) is 7.83. The Morgan fingerprint density at radius 2 is 1.75 bits per heavy atom. The van der Waals surface area contributed by atoms with Crippen LogP contribution >= 0.6 is 0 Å². The van der Waals surface area contributed by atoms with Gasteiger partial charge in [0.1, 0.15) is 9.84 Å². The van der Waals surface area contributed by atoms with Crippen molar-refractivity contribution in [3.63, 3.8) is 0 Å². The number of hydrogen-bond acceptors (Lipinski definition) is 8. The van der Waals surface area contributed by atoms with Crippen molar-refractivity contribution in [3.05, 3.63) is 0 Å². The van der Waals surface area contributed by atoms with Gasteiger partial charge in [-0.2, -0.15) is 15.0 Å². The van der Waals surface area contributed by atoms with Gasteiger partial charge in [-0.1, -0.05) is 6.92 Å². The molecule has 0 spiro atoms. The molecule has 0 atom stereocenters. The first kappa shape index (κ1) is 16.4. The molecule has 0 aliphatic carbocycles. The van der Waals surface area contributed by atoms with Gasteiger partial charge in [0.15, 0.2) is 0 Å². The van der Waals surface area contributed by atoms with Gasteiger partial charge in [-0.3, -0.25) is 0 Å². The van der Waals surface area contributed by atoms with E-state index in [2.05, 4.69) is 25.6 Å². The highest BCUT2D eigenvalue weighted by Crippen LogP contribution is 2.11. The zero-order chi connectivity index (χ0) is 15.0. The van der Waals surface area contributed by atoms with Crippen LogP contribution in [0.3, 0.4) is 0 Å². The van der Waals surface area contributed by atoms with Gasteiger partial charge in [-0.05, 0) is 13.3 Å². The Morgan fingerprint density at radius 1 is 1.10 bits per heavy atom. The molecule has 0 radical (unpaired) electrons. The number of nitrogens with one attached hydrogen (secondary N) is 2. The van der Waals surface area contributed by atoms with E-state index in [1.54, 1.807) is 0 Å². The van der Waals surface area contributed by atoms with Crippen molar-refractivity contribution >= 4 is 21.7 Å². The third-order valence-corrected chi connectivity index (χ3v) is 3.09. The quantitative estimate of drug-likeness (QED) is 0.681. The molecule has 0 aliphatic heterocycles. The maximum atomic E-state index is 11.1. The van der Waals surface area contributed by atoms with Crippen molar-refractivity contribution in [1.29, 1.82) is 0 Å². The van der Waals surface area contributed by atoms with Gasteiger partial charge in [-0.25, -0.2) is 8.42 Å². The molecule has 114 valence electrons. The molecule has 0 aliphatic rings. The average molecular weight is 303 g/mol. The maximum Gasteiger partial charge on any atom is 0.323 e. The van der Waals surface area contributed by atoms with E-state index in [1.165, 1.54) is 6.26 Å². The monoisotopic (exact) mass is 303 g/mol. The van der Waals surface area contributed by atoms with Crippen LogP contribution in [0.5, 0.6) is 6.01 Å². The first-order valence-electron chi connectivity index (χ1n) is 6.49. The van der Waals surface area contributed by atoms with Gasteiger partial charge in [0, 0.05) is 19.3 Å². The summed E-state index contributed by atoms with van der Waals surface area (Å²) in [4.78, 5) is 12.3. The third kappa shape index (κ3) is 6.50. The van der Waals surface area contributed by atoms with Crippen LogP contribution in [0.4, 0.5) is 11.9 Å². The smallest absolute Gasteiger partial charge is 0.323 e. The van der Waals surface area contributed by atoms with Gasteiger partial charge in [0.25, 0.3) is 0 Å². The van der Waals surface area contributed by atoms with E-state index in [1.807, 2.05) is 13.8 Å². The fraction of sp³-hybridized carbons (Fsp3) is 0.727. The van der Waals surface area contributed by atoms with Crippen LogP contribution in [0.2, 0.25) is 0 Å². The lowest BCUT2D eigenvalue weighted by Gasteiger charge is -2.09. The van der Waals surface area contributed by atoms with Crippen molar-refractivity contribution < 1.29 is 13.2 Å². The van der Waals surface area contributed by atoms with E-state index in [0.29, 0.717) is 25.0 Å². The van der Waals surface area contributed by atoms with Crippen molar-refractivity contribution in [2.45, 2.75) is 20.3 Å². The molecular formula is C11H21N5O3S. The predicted octanol–water partition coefficient (Wildman–Crippen LogP) is 0.549. The van der Waals surface area contributed by atoms with Crippen molar-refractivity contribution in [2.24, 2.45) is 0 Å². The number of aromatic nitrogens is 3. The minimum absolute atomic E-state index is 0.0143. The summed E-state index contributed by atoms with van der Waals surface area (Å²) < 4.78 is 27.5. The number of rotatable bonds is 9. The van der Waals surface area contributed by atoms with E-state index in [4.69, 9.17) is 4.74 Å². The topological polar surface area (TPSA) is 106 Å². The summed E-state index contributed by atoms with van der Waals surface area (Å²) in [7, 11) is -3.02. The zero-order valence-electron chi connectivity index (χ0n) is 12.0. The van der Waals surface area contributed by atoms with E-state index < -0.39 is 9.84 Å². The summed E-state index contributed by atoms with van der Waals surface area (Å²) >= 11 is 0. The van der Waals surface area contributed by atoms with Crippen LogP contribution in [0.15, 0.2) is 0 Å². The van der Waals surface area contributed by atoms with Crippen LogP contribution in [-0.4, -0.2) is 55.1 Å². The maximum absolute atomic E-state index is 11.1. The molecule has 0 saturated carbocycles. The Bertz CT molecular complexity index is 521. The average Bonchev–Trinajstić information content (AvgIpc) is 2.35. The summed E-state index contributed by atoms with van der Waals surface area (Å²) in [6.07, 6.45) is 2.03. The van der Waals surface area contributed by atoms with Crippen LogP contribution in [0.1, 0.15) is 20.3 Å². The standard InChI is InChI=1S/C11H21N5O3S/c1-4-7-19-11-15-9(12-5-2)14-10(16-11)13-6-8-20(3,17)18/h4-8H2,1-3H3,(H2,12,13,14,15,16). The Labute approximate surface area is 119 Å². The molecule has 8 nitrogen and oxygen atoms in total. The molecule has 0 saturated heterocycles. The number of hydrogen-bond donors (Lipinski definition) is 2. The lowest BCUT2D eigenvalue weighted by Crippen LogP contribution is -2.17. The molecule has 1 aromatic rings. The SMILES string of the molecule is CCCOc1nc(NCC)nc(NCCS(C)(=O)=O)n1. The van der Waals surface area contributed by atoms with Crippen LogP contribution < -0.4 is 15.4 Å². The minimum Gasteiger partial charge on any atom is -0.463 e. The Kier molecular flexibility index (Phi) is 6.43. The number of anilines is 2. The lowest BCUT2D eigenvalue weighted by molar-refractivity contribution is 0.292. The highest BCUT2D eigenvalue weighted by atomic mass is 32.2. The third-order valence-electron chi connectivity index (χ3n) is 2.14. The first-order chi connectivity index (χ1) is 9.44. The van der Waals surface area contributed by atoms with E-state index in [9.17, 15) is 8.42 Å². The van der Waals surface area contributed by atoms with E-state index in [-0.39, 0.29) is 18.3 Å². The van der Waals surface area contributed by atoms with E-state index in [0.717, 1.165) is 6.42 Å². The molecular weight excluding hydrogens is 282 g/mol. The number of ether oxygens (including phenoxy) is 1. The van der Waals surface area contributed by atoms with Crippen LogP contribution in [0, 0.1) is 0 Å². The zero-order valence-corrected chi connectivity index (χ0v) is 12.8. The van der Waals surface area contributed by atoms with E-state index >= 15 is 0 Å². The number of sulfone groups is 1. The van der Waals surface area contributed by atoms with Crippen molar-refractivity contribution in [2.75, 3.05) is 42.3 Å². The largest absolute Gasteiger partial charge is 0.463 e. The molecule has 2 N–H and O–H groups in total. The van der Waals surface area contributed by atoms with Gasteiger partial charge in [-0.15, -0.1) is 0 Å². The second-order valence-electron chi connectivity index (χ2n) is 4.20. The summed E-state index contributed by atoms with van der Waals surface area (Å²) in [6.45, 7) is 5.32. The van der Waals surface area contributed by atoms with Gasteiger partial charge < -0.3 is 15.4 Å². The molecule has 1 rings (SSSR count). The van der Waals surface area contributed by atoms with Gasteiger partial charge in [0.2, 0.25) is 11.9 Å². The van der Waals surface area contributed by atoms with Crippen molar-refractivity contribution in [1.82, 2.24) is 15.0 Å². The second-order valence-corrected chi connectivity index (χ2v) is 6.46. The molecule has 0 fully saturated rings. The summed E-state index contributed by atoms with van der Waals surface area (Å²) in [6, 6.07) is 0.222. The predicted molar refractivity (Wildman–Crippen MR) is 78.0 cm³/mol. The molecule has 0 bridgehead atoms. The van der Waals surface area contributed by atoms with Gasteiger partial charge in [0.05, 0.1) is 12.4 Å². The number of nitrogens with zero attached hydrogens (tertiary/aromatic N) is 3. The Balaban J connectivity index is 2.74. The molecule has 1 aromatic heterocycles. The molecule has 9 heteroatoms. The highest BCUT2D eigenvalue weighted by molar-refractivity contribution is 7.90. The Hall–Kier alpha value is -1.64. The van der Waals surface area contributed by atoms with Crippen molar-refractivity contribution in [3.8, 4) is 6.01 Å². The molecule has 1 heterocycles. The van der Waals surface area contributed by atoms with Gasteiger partial charge >= 0.3 is 6.01 Å². The van der Waals surface area contributed by atoms with Crippen LogP contribution in [0.25, 0.3) is 0 Å². The molecule has 20 heavy (non-hydrogen) atoms. The summed E-state index contributed by atoms with van der Waals surface area (Å²) in [5.74, 6) is 0.710. The molecule has 0 unspecified atom stereocenters. The molecule has 0 amide bonds. The normalized spacial score (nSPS) is 11.2. The fourth-order valence-electron chi connectivity index (χ4n) is 1.28. The lowest BCUT2D eigenvalue weighted by atomic mass is 10.5. The highest BCUT2D eigenvalue weighted by Gasteiger charge is 2.08.